The normalized spacial score (nSPS) is 10.2. The fourth-order valence-corrected chi connectivity index (χ4v) is 1.87. The zero-order valence-corrected chi connectivity index (χ0v) is 11.8. The summed E-state index contributed by atoms with van der Waals surface area (Å²) in [4.78, 5) is 0. The maximum Gasteiger partial charge on any atom is 0.124 e. The molecule has 0 aliphatic rings. The SMILES string of the molecule is Cc1ccc(N)cc1OCc1ccc(I)cc1. The fourth-order valence-electron chi connectivity index (χ4n) is 1.51. The molecule has 0 unspecified atom stereocenters. The highest BCUT2D eigenvalue weighted by molar-refractivity contribution is 14.1. The molecule has 2 aromatic rings. The number of anilines is 1. The highest BCUT2D eigenvalue weighted by atomic mass is 127. The van der Waals surface area contributed by atoms with Crippen LogP contribution in [0.1, 0.15) is 11.1 Å². The third-order valence-corrected chi connectivity index (χ3v) is 3.24. The molecule has 88 valence electrons. The molecule has 2 N–H and O–H groups in total. The first-order valence-corrected chi connectivity index (χ1v) is 6.46. The second-order valence-electron chi connectivity index (χ2n) is 3.94. The highest BCUT2D eigenvalue weighted by Crippen LogP contribution is 2.22. The van der Waals surface area contributed by atoms with Crippen molar-refractivity contribution in [2.75, 3.05) is 5.73 Å². The van der Waals surface area contributed by atoms with Gasteiger partial charge in [0.05, 0.1) is 0 Å². The molecule has 0 heterocycles. The Morgan fingerprint density at radius 2 is 1.82 bits per heavy atom. The van der Waals surface area contributed by atoms with Gasteiger partial charge >= 0.3 is 0 Å². The van der Waals surface area contributed by atoms with Crippen LogP contribution in [0.15, 0.2) is 42.5 Å². The number of hydrogen-bond donors (Lipinski definition) is 1. The molecule has 0 aromatic heterocycles. The predicted molar refractivity (Wildman–Crippen MR) is 79.1 cm³/mol. The van der Waals surface area contributed by atoms with Crippen molar-refractivity contribution in [2.24, 2.45) is 0 Å². The molecule has 3 heteroatoms. The lowest BCUT2D eigenvalue weighted by Crippen LogP contribution is -1.98. The van der Waals surface area contributed by atoms with E-state index in [1.807, 2.05) is 25.1 Å². The Morgan fingerprint density at radius 1 is 1.12 bits per heavy atom. The van der Waals surface area contributed by atoms with Crippen molar-refractivity contribution in [1.29, 1.82) is 0 Å². The van der Waals surface area contributed by atoms with Crippen molar-refractivity contribution in [1.82, 2.24) is 0 Å². The minimum absolute atomic E-state index is 0.571. The van der Waals surface area contributed by atoms with Crippen LogP contribution in [-0.4, -0.2) is 0 Å². The highest BCUT2D eigenvalue weighted by Gasteiger charge is 2.01. The number of ether oxygens (including phenoxy) is 1. The molecule has 0 saturated heterocycles. The second kappa shape index (κ2) is 5.40. The molecule has 0 amide bonds. The molecular weight excluding hydrogens is 325 g/mol. The monoisotopic (exact) mass is 339 g/mol. The fraction of sp³-hybridized carbons (Fsp3) is 0.143. The van der Waals surface area contributed by atoms with Crippen LogP contribution in [0.25, 0.3) is 0 Å². The summed E-state index contributed by atoms with van der Waals surface area (Å²) < 4.78 is 6.99. The van der Waals surface area contributed by atoms with Crippen LogP contribution < -0.4 is 10.5 Å². The molecule has 0 bridgehead atoms. The summed E-state index contributed by atoms with van der Waals surface area (Å²) in [6.45, 7) is 2.59. The Morgan fingerprint density at radius 3 is 2.53 bits per heavy atom. The zero-order chi connectivity index (χ0) is 12.3. The van der Waals surface area contributed by atoms with Crippen molar-refractivity contribution >= 4 is 28.3 Å². The van der Waals surface area contributed by atoms with Crippen LogP contribution in [0.5, 0.6) is 5.75 Å². The van der Waals surface area contributed by atoms with E-state index in [4.69, 9.17) is 10.5 Å². The zero-order valence-electron chi connectivity index (χ0n) is 9.61. The summed E-state index contributed by atoms with van der Waals surface area (Å²) in [6, 6.07) is 14.0. The molecular formula is C14H14INO. The molecule has 0 radical (unpaired) electrons. The number of nitrogen functional groups attached to an aromatic ring is 1. The molecule has 0 spiro atoms. The van der Waals surface area contributed by atoms with Crippen LogP contribution in [-0.2, 0) is 6.61 Å². The van der Waals surface area contributed by atoms with Crippen LogP contribution in [0.4, 0.5) is 5.69 Å². The second-order valence-corrected chi connectivity index (χ2v) is 5.19. The molecule has 2 rings (SSSR count). The first kappa shape index (κ1) is 12.2. The average molecular weight is 339 g/mol. The minimum Gasteiger partial charge on any atom is -0.489 e. The van der Waals surface area contributed by atoms with Crippen LogP contribution >= 0.6 is 22.6 Å². The average Bonchev–Trinajstić information content (AvgIpc) is 2.32. The minimum atomic E-state index is 0.571. The van der Waals surface area contributed by atoms with Gasteiger partial charge < -0.3 is 10.5 Å². The third kappa shape index (κ3) is 3.36. The lowest BCUT2D eigenvalue weighted by molar-refractivity contribution is 0.304. The number of hydrogen-bond acceptors (Lipinski definition) is 2. The van der Waals surface area contributed by atoms with E-state index in [0.29, 0.717) is 6.61 Å². The van der Waals surface area contributed by atoms with E-state index in [9.17, 15) is 0 Å². The summed E-state index contributed by atoms with van der Waals surface area (Å²) in [5, 5.41) is 0. The summed E-state index contributed by atoms with van der Waals surface area (Å²) >= 11 is 2.29. The summed E-state index contributed by atoms with van der Waals surface area (Å²) in [6.07, 6.45) is 0. The Labute approximate surface area is 115 Å². The van der Waals surface area contributed by atoms with Gasteiger partial charge in [-0.3, -0.25) is 0 Å². The van der Waals surface area contributed by atoms with Gasteiger partial charge in [-0.25, -0.2) is 0 Å². The van der Waals surface area contributed by atoms with Gasteiger partial charge in [-0.05, 0) is 58.8 Å². The maximum absolute atomic E-state index is 5.76. The maximum atomic E-state index is 5.76. The van der Waals surface area contributed by atoms with Crippen LogP contribution in [0.3, 0.4) is 0 Å². The van der Waals surface area contributed by atoms with E-state index in [0.717, 1.165) is 22.6 Å². The lowest BCUT2D eigenvalue weighted by Gasteiger charge is -2.09. The van der Waals surface area contributed by atoms with Crippen molar-refractivity contribution < 1.29 is 4.74 Å². The molecule has 0 fully saturated rings. The Hall–Kier alpha value is -1.23. The Kier molecular flexibility index (Phi) is 3.89. The number of rotatable bonds is 3. The van der Waals surface area contributed by atoms with E-state index in [-0.39, 0.29) is 0 Å². The molecule has 0 atom stereocenters. The number of benzene rings is 2. The standard InChI is InChI=1S/C14H14INO/c1-10-2-7-13(16)8-14(10)17-9-11-3-5-12(15)6-4-11/h2-8H,9,16H2,1H3. The summed E-state index contributed by atoms with van der Waals surface area (Å²) in [7, 11) is 0. The quantitative estimate of drug-likeness (QED) is 0.683. The first-order chi connectivity index (χ1) is 8.15. The van der Waals surface area contributed by atoms with Gasteiger partial charge in [0, 0.05) is 15.3 Å². The van der Waals surface area contributed by atoms with E-state index in [2.05, 4.69) is 46.9 Å². The smallest absolute Gasteiger partial charge is 0.124 e. The number of halogens is 1. The summed E-state index contributed by atoms with van der Waals surface area (Å²) in [5.74, 6) is 0.851. The van der Waals surface area contributed by atoms with Gasteiger partial charge in [0.15, 0.2) is 0 Å². The van der Waals surface area contributed by atoms with Crippen LogP contribution in [0, 0.1) is 10.5 Å². The molecule has 2 nitrogen and oxygen atoms in total. The van der Waals surface area contributed by atoms with E-state index < -0.39 is 0 Å². The third-order valence-electron chi connectivity index (χ3n) is 2.52. The molecule has 2 aromatic carbocycles. The lowest BCUT2D eigenvalue weighted by atomic mass is 10.2. The first-order valence-electron chi connectivity index (χ1n) is 5.38. The van der Waals surface area contributed by atoms with Crippen molar-refractivity contribution in [3.05, 3.63) is 57.2 Å². The summed E-state index contributed by atoms with van der Waals surface area (Å²) in [5.41, 5.74) is 8.73. The van der Waals surface area contributed by atoms with Gasteiger partial charge in [-0.15, -0.1) is 0 Å². The van der Waals surface area contributed by atoms with Crippen molar-refractivity contribution in [2.45, 2.75) is 13.5 Å². The Balaban J connectivity index is 2.07. The van der Waals surface area contributed by atoms with Crippen LogP contribution in [0.2, 0.25) is 0 Å². The predicted octanol–water partition coefficient (Wildman–Crippen LogP) is 3.76. The van der Waals surface area contributed by atoms with E-state index >= 15 is 0 Å². The number of aryl methyl sites for hydroxylation is 1. The van der Waals surface area contributed by atoms with Crippen molar-refractivity contribution in [3.8, 4) is 5.75 Å². The molecule has 0 aliphatic carbocycles. The topological polar surface area (TPSA) is 35.2 Å². The Bertz CT molecular complexity index is 508. The van der Waals surface area contributed by atoms with Gasteiger partial charge in [0.1, 0.15) is 12.4 Å². The van der Waals surface area contributed by atoms with Gasteiger partial charge in [-0.2, -0.15) is 0 Å². The van der Waals surface area contributed by atoms with Crippen molar-refractivity contribution in [3.63, 3.8) is 0 Å². The van der Waals surface area contributed by atoms with Gasteiger partial charge in [-0.1, -0.05) is 18.2 Å². The van der Waals surface area contributed by atoms with Gasteiger partial charge in [0.25, 0.3) is 0 Å². The molecule has 17 heavy (non-hydrogen) atoms. The molecule has 0 aliphatic heterocycles. The van der Waals surface area contributed by atoms with Gasteiger partial charge in [0.2, 0.25) is 0 Å². The van der Waals surface area contributed by atoms with E-state index in [1.54, 1.807) is 0 Å². The largest absolute Gasteiger partial charge is 0.489 e. The van der Waals surface area contributed by atoms with E-state index in [1.165, 1.54) is 3.57 Å². The number of nitrogens with two attached hydrogens (primary N) is 1. The molecule has 0 saturated carbocycles.